The average molecular weight is 561 g/mol. The maximum atomic E-state index is 14.2. The Morgan fingerprint density at radius 3 is 2.62 bits per heavy atom. The van der Waals surface area contributed by atoms with Gasteiger partial charge in [-0.1, -0.05) is 36.1 Å². The molecule has 0 bridgehead atoms. The van der Waals surface area contributed by atoms with E-state index in [1.807, 2.05) is 55.5 Å². The molecule has 2 aromatic carbocycles. The fourth-order valence-corrected chi connectivity index (χ4v) is 5.32. The molecule has 3 aromatic heterocycles. The summed E-state index contributed by atoms with van der Waals surface area (Å²) in [4.78, 5) is 41.6. The van der Waals surface area contributed by atoms with Gasteiger partial charge in [-0.2, -0.15) is 5.10 Å². The lowest BCUT2D eigenvalue weighted by molar-refractivity contribution is 0.0938. The van der Waals surface area contributed by atoms with Gasteiger partial charge in [0, 0.05) is 44.1 Å². The Morgan fingerprint density at radius 1 is 1.05 bits per heavy atom. The molecule has 212 valence electrons. The van der Waals surface area contributed by atoms with Crippen molar-refractivity contribution in [2.24, 2.45) is 0 Å². The Bertz CT molecular complexity index is 1890. The summed E-state index contributed by atoms with van der Waals surface area (Å²) in [5.74, 6) is 6.59. The summed E-state index contributed by atoms with van der Waals surface area (Å²) >= 11 is 0. The lowest BCUT2D eigenvalue weighted by Gasteiger charge is -2.30. The molecule has 4 heterocycles. The standard InChI is InChI=1S/C32H32N8O2/c1-22-27(30-33-15-9-17-39(30)36-22)31(41)34-23(2)29-35-26-14-7-10-24(11-8-16-38-20-18-37(3)19-21-38)28(26)32(42)40(29)25-12-5-4-6-13-25/h4-7,9-10,12-15,17,23H,16,18-21H2,1-3H3,(H,34,41)/t23-/m1/s1. The van der Waals surface area contributed by atoms with E-state index in [4.69, 9.17) is 4.98 Å². The van der Waals surface area contributed by atoms with Crippen LogP contribution in [0.1, 0.15) is 40.4 Å². The molecule has 0 aliphatic carbocycles. The van der Waals surface area contributed by atoms with Crippen molar-refractivity contribution in [1.82, 2.24) is 39.3 Å². The van der Waals surface area contributed by atoms with E-state index in [0.717, 1.165) is 26.2 Å². The molecule has 6 rings (SSSR count). The number of likely N-dealkylation sites (N-methyl/N-ethyl adjacent to an activating group) is 1. The number of hydrogen-bond acceptors (Lipinski definition) is 7. The molecule has 42 heavy (non-hydrogen) atoms. The highest BCUT2D eigenvalue weighted by Crippen LogP contribution is 2.21. The van der Waals surface area contributed by atoms with Gasteiger partial charge in [0.2, 0.25) is 0 Å². The summed E-state index contributed by atoms with van der Waals surface area (Å²) in [6.45, 7) is 8.22. The van der Waals surface area contributed by atoms with Gasteiger partial charge in [-0.15, -0.1) is 0 Å². The van der Waals surface area contributed by atoms with Gasteiger partial charge in [-0.3, -0.25) is 19.1 Å². The second-order valence-corrected chi connectivity index (χ2v) is 10.6. The van der Waals surface area contributed by atoms with Crippen molar-refractivity contribution in [2.45, 2.75) is 19.9 Å². The quantitative estimate of drug-likeness (QED) is 0.330. The number of para-hydroxylation sites is 1. The van der Waals surface area contributed by atoms with Crippen molar-refractivity contribution < 1.29 is 4.79 Å². The topological polar surface area (TPSA) is 101 Å². The average Bonchev–Trinajstić information content (AvgIpc) is 3.34. The zero-order valence-electron chi connectivity index (χ0n) is 23.9. The Hall–Kier alpha value is -4.85. The normalized spacial score (nSPS) is 14.9. The van der Waals surface area contributed by atoms with E-state index in [0.29, 0.717) is 51.4 Å². The maximum absolute atomic E-state index is 14.2. The highest BCUT2D eigenvalue weighted by atomic mass is 16.2. The molecule has 1 aliphatic heterocycles. The summed E-state index contributed by atoms with van der Waals surface area (Å²) in [6.07, 6.45) is 3.37. The van der Waals surface area contributed by atoms with Crippen LogP contribution in [0.2, 0.25) is 0 Å². The van der Waals surface area contributed by atoms with Gasteiger partial charge in [0.05, 0.1) is 34.9 Å². The van der Waals surface area contributed by atoms with Crippen LogP contribution in [-0.4, -0.2) is 79.6 Å². The van der Waals surface area contributed by atoms with E-state index in [9.17, 15) is 9.59 Å². The van der Waals surface area contributed by atoms with E-state index in [-0.39, 0.29) is 11.5 Å². The molecular formula is C32H32N8O2. The number of nitrogens with one attached hydrogen (secondary N) is 1. The molecule has 0 radical (unpaired) electrons. The molecule has 1 saturated heterocycles. The van der Waals surface area contributed by atoms with Crippen LogP contribution in [-0.2, 0) is 0 Å². The van der Waals surface area contributed by atoms with Crippen molar-refractivity contribution in [3.63, 3.8) is 0 Å². The summed E-state index contributed by atoms with van der Waals surface area (Å²) in [7, 11) is 2.13. The molecule has 10 nitrogen and oxygen atoms in total. The smallest absolute Gasteiger partial charge is 0.267 e. The zero-order valence-corrected chi connectivity index (χ0v) is 23.9. The number of amides is 1. The fourth-order valence-electron chi connectivity index (χ4n) is 5.32. The van der Waals surface area contributed by atoms with Crippen molar-refractivity contribution in [3.05, 3.63) is 100.0 Å². The minimum absolute atomic E-state index is 0.236. The van der Waals surface area contributed by atoms with Crippen LogP contribution in [0, 0.1) is 18.8 Å². The van der Waals surface area contributed by atoms with Crippen molar-refractivity contribution >= 4 is 22.5 Å². The van der Waals surface area contributed by atoms with Gasteiger partial charge in [-0.25, -0.2) is 14.5 Å². The van der Waals surface area contributed by atoms with Gasteiger partial charge in [-0.05, 0) is 51.2 Å². The van der Waals surface area contributed by atoms with Crippen LogP contribution >= 0.6 is 0 Å². The number of hydrogen-bond donors (Lipinski definition) is 1. The lowest BCUT2D eigenvalue weighted by Crippen LogP contribution is -2.44. The first-order valence-corrected chi connectivity index (χ1v) is 14.0. The van der Waals surface area contributed by atoms with Gasteiger partial charge in [0.25, 0.3) is 11.5 Å². The van der Waals surface area contributed by atoms with Crippen LogP contribution in [0.3, 0.4) is 0 Å². The predicted octanol–water partition coefficient (Wildman–Crippen LogP) is 2.83. The molecule has 0 spiro atoms. The molecule has 0 unspecified atom stereocenters. The summed E-state index contributed by atoms with van der Waals surface area (Å²) in [5.41, 5.74) is 3.00. The summed E-state index contributed by atoms with van der Waals surface area (Å²) < 4.78 is 3.15. The first-order chi connectivity index (χ1) is 20.4. The number of rotatable bonds is 5. The Morgan fingerprint density at radius 2 is 1.83 bits per heavy atom. The third-order valence-electron chi connectivity index (χ3n) is 7.59. The van der Waals surface area contributed by atoms with E-state index in [1.54, 1.807) is 34.5 Å². The SMILES string of the molecule is Cc1nn2cccnc2c1C(=O)N[C@H](C)c1nc2cccc(C#CCN3CCN(C)CC3)c2c(=O)n1-c1ccccc1. The summed E-state index contributed by atoms with van der Waals surface area (Å²) in [5, 5.41) is 7.89. The Balaban J connectivity index is 1.39. The Labute approximate surface area is 243 Å². The molecule has 1 amide bonds. The Kier molecular flexibility index (Phi) is 7.52. The molecule has 0 saturated carbocycles. The predicted molar refractivity (Wildman–Crippen MR) is 162 cm³/mol. The van der Waals surface area contributed by atoms with Crippen LogP contribution in [0.25, 0.3) is 22.2 Å². The number of nitrogens with zero attached hydrogens (tertiary/aromatic N) is 7. The molecular weight excluding hydrogens is 528 g/mol. The van der Waals surface area contributed by atoms with Crippen molar-refractivity contribution in [2.75, 3.05) is 39.8 Å². The van der Waals surface area contributed by atoms with Gasteiger partial charge >= 0.3 is 0 Å². The van der Waals surface area contributed by atoms with E-state index >= 15 is 0 Å². The third kappa shape index (κ3) is 5.28. The van der Waals surface area contributed by atoms with Gasteiger partial charge in [0.1, 0.15) is 11.4 Å². The van der Waals surface area contributed by atoms with Gasteiger partial charge in [0.15, 0.2) is 5.65 Å². The van der Waals surface area contributed by atoms with E-state index in [2.05, 4.69) is 44.1 Å². The van der Waals surface area contributed by atoms with Crippen molar-refractivity contribution in [3.8, 4) is 17.5 Å². The second-order valence-electron chi connectivity index (χ2n) is 10.6. The molecule has 1 fully saturated rings. The van der Waals surface area contributed by atoms with E-state index in [1.165, 1.54) is 0 Å². The minimum Gasteiger partial charge on any atom is -0.342 e. The van der Waals surface area contributed by atoms with Crippen LogP contribution < -0.4 is 10.9 Å². The first kappa shape index (κ1) is 27.3. The number of carbonyl (C=O) groups excluding carboxylic acids is 1. The molecule has 1 aliphatic rings. The highest BCUT2D eigenvalue weighted by Gasteiger charge is 2.24. The molecule has 10 heteroatoms. The number of fused-ring (bicyclic) bond motifs is 2. The van der Waals surface area contributed by atoms with Gasteiger partial charge < -0.3 is 10.2 Å². The third-order valence-corrected chi connectivity index (χ3v) is 7.59. The molecule has 5 aromatic rings. The maximum Gasteiger partial charge on any atom is 0.267 e. The van der Waals surface area contributed by atoms with Crippen LogP contribution in [0.5, 0.6) is 0 Å². The second kappa shape index (κ2) is 11.6. The van der Waals surface area contributed by atoms with Crippen LogP contribution in [0.4, 0.5) is 0 Å². The summed E-state index contributed by atoms with van der Waals surface area (Å²) in [6, 6.07) is 16.0. The number of aryl methyl sites for hydroxylation is 1. The molecule has 1 N–H and O–H groups in total. The van der Waals surface area contributed by atoms with Crippen molar-refractivity contribution in [1.29, 1.82) is 0 Å². The lowest BCUT2D eigenvalue weighted by atomic mass is 10.1. The molecule has 1 atom stereocenters. The number of aromatic nitrogens is 5. The minimum atomic E-state index is -0.611. The monoisotopic (exact) mass is 560 g/mol. The zero-order chi connectivity index (χ0) is 29.2. The number of carbonyl (C=O) groups is 1. The first-order valence-electron chi connectivity index (χ1n) is 14.0. The van der Waals surface area contributed by atoms with E-state index < -0.39 is 6.04 Å². The highest BCUT2D eigenvalue weighted by molar-refractivity contribution is 6.01. The largest absolute Gasteiger partial charge is 0.342 e. The number of piperazine rings is 1. The fraction of sp³-hybridized carbons (Fsp3) is 0.281. The van der Waals surface area contributed by atoms with Crippen LogP contribution in [0.15, 0.2) is 71.8 Å². The number of benzene rings is 2.